The van der Waals surface area contributed by atoms with Gasteiger partial charge in [0.2, 0.25) is 5.95 Å². The predicted octanol–water partition coefficient (Wildman–Crippen LogP) is 1.85. The molecule has 1 aromatic carbocycles. The van der Waals surface area contributed by atoms with Crippen LogP contribution in [0.1, 0.15) is 6.42 Å². The van der Waals surface area contributed by atoms with Crippen LogP contribution in [-0.4, -0.2) is 35.3 Å². The Morgan fingerprint density at radius 1 is 1.27 bits per heavy atom. The van der Waals surface area contributed by atoms with Crippen molar-refractivity contribution < 1.29 is 13.9 Å². The minimum Gasteiger partial charge on any atom is -0.488 e. The molecule has 1 aromatic heterocycles. The third-order valence-electron chi connectivity index (χ3n) is 3.39. The largest absolute Gasteiger partial charge is 0.488 e. The van der Waals surface area contributed by atoms with E-state index in [0.717, 1.165) is 6.42 Å². The normalized spacial score (nSPS) is 21.3. The van der Waals surface area contributed by atoms with Gasteiger partial charge in [-0.2, -0.15) is 4.98 Å². The second kappa shape index (κ2) is 6.57. The van der Waals surface area contributed by atoms with Crippen LogP contribution < -0.4 is 15.8 Å². The number of hydrogen-bond donors (Lipinski definition) is 2. The molecule has 0 amide bonds. The topological polar surface area (TPSA) is 82.3 Å². The standard InChI is InChI=1S/C15H17FN4O2/c16-10-1-3-11(4-2-10)22-13-6-8-21-9-12(13)19-15-18-7-5-14(17)20-15/h1-5,7,12-13H,6,8-9H2,(H3,17,18,19,20)/t12-,13+/m1/s1. The van der Waals surface area contributed by atoms with Crippen molar-refractivity contribution in [1.29, 1.82) is 0 Å². The number of nitrogens with two attached hydrogens (primary N) is 1. The molecule has 2 aromatic rings. The Kier molecular flexibility index (Phi) is 4.34. The Hall–Kier alpha value is -2.41. The molecule has 3 N–H and O–H groups in total. The van der Waals surface area contributed by atoms with E-state index < -0.39 is 0 Å². The van der Waals surface area contributed by atoms with Gasteiger partial charge in [-0.3, -0.25) is 0 Å². The van der Waals surface area contributed by atoms with Crippen LogP contribution in [-0.2, 0) is 4.74 Å². The zero-order valence-electron chi connectivity index (χ0n) is 11.9. The summed E-state index contributed by atoms with van der Waals surface area (Å²) in [5, 5.41) is 3.18. The van der Waals surface area contributed by atoms with Crippen molar-refractivity contribution in [3.05, 3.63) is 42.3 Å². The molecular formula is C15H17FN4O2. The molecule has 0 bridgehead atoms. The number of aromatic nitrogens is 2. The molecule has 1 fully saturated rings. The fraction of sp³-hybridized carbons (Fsp3) is 0.333. The summed E-state index contributed by atoms with van der Waals surface area (Å²) in [5.74, 6) is 1.16. The Labute approximate surface area is 127 Å². The number of hydrogen-bond acceptors (Lipinski definition) is 6. The van der Waals surface area contributed by atoms with Crippen molar-refractivity contribution in [3.63, 3.8) is 0 Å². The summed E-state index contributed by atoms with van der Waals surface area (Å²) in [5.41, 5.74) is 5.65. The smallest absolute Gasteiger partial charge is 0.225 e. The summed E-state index contributed by atoms with van der Waals surface area (Å²) in [6.45, 7) is 1.09. The highest BCUT2D eigenvalue weighted by Crippen LogP contribution is 2.20. The first-order chi connectivity index (χ1) is 10.7. The number of halogens is 1. The van der Waals surface area contributed by atoms with Crippen LogP contribution in [0.15, 0.2) is 36.5 Å². The van der Waals surface area contributed by atoms with E-state index >= 15 is 0 Å². The minimum atomic E-state index is -0.290. The number of rotatable bonds is 4. The van der Waals surface area contributed by atoms with Crippen molar-refractivity contribution in [2.45, 2.75) is 18.6 Å². The molecule has 1 saturated heterocycles. The van der Waals surface area contributed by atoms with Crippen molar-refractivity contribution in [1.82, 2.24) is 9.97 Å². The summed E-state index contributed by atoms with van der Waals surface area (Å²) in [6.07, 6.45) is 2.19. The Morgan fingerprint density at radius 2 is 2.09 bits per heavy atom. The molecule has 0 radical (unpaired) electrons. The van der Waals surface area contributed by atoms with Gasteiger partial charge >= 0.3 is 0 Å². The third kappa shape index (κ3) is 3.62. The van der Waals surface area contributed by atoms with E-state index in [1.165, 1.54) is 12.1 Å². The average molecular weight is 304 g/mol. The Bertz CT molecular complexity index is 623. The summed E-state index contributed by atoms with van der Waals surface area (Å²) in [7, 11) is 0. The van der Waals surface area contributed by atoms with Gasteiger partial charge in [0.1, 0.15) is 23.5 Å². The summed E-state index contributed by atoms with van der Waals surface area (Å²) in [6, 6.07) is 7.48. The van der Waals surface area contributed by atoms with Crippen molar-refractivity contribution >= 4 is 11.8 Å². The second-order valence-corrected chi connectivity index (χ2v) is 5.03. The van der Waals surface area contributed by atoms with Gasteiger partial charge in [0.15, 0.2) is 0 Å². The summed E-state index contributed by atoms with van der Waals surface area (Å²) >= 11 is 0. The van der Waals surface area contributed by atoms with Crippen LogP contribution >= 0.6 is 0 Å². The minimum absolute atomic E-state index is 0.111. The fourth-order valence-corrected chi connectivity index (χ4v) is 2.29. The number of nitrogens with zero attached hydrogens (tertiary/aromatic N) is 2. The molecule has 2 atom stereocenters. The molecule has 22 heavy (non-hydrogen) atoms. The van der Waals surface area contributed by atoms with Crippen LogP contribution in [0.3, 0.4) is 0 Å². The zero-order valence-corrected chi connectivity index (χ0v) is 11.9. The van der Waals surface area contributed by atoms with E-state index in [1.54, 1.807) is 24.4 Å². The van der Waals surface area contributed by atoms with Gasteiger partial charge < -0.3 is 20.5 Å². The molecule has 7 heteroatoms. The van der Waals surface area contributed by atoms with E-state index in [-0.39, 0.29) is 18.0 Å². The highest BCUT2D eigenvalue weighted by atomic mass is 19.1. The maximum atomic E-state index is 13.0. The number of nitrogens with one attached hydrogen (secondary N) is 1. The third-order valence-corrected chi connectivity index (χ3v) is 3.39. The molecule has 0 spiro atoms. The van der Waals surface area contributed by atoms with Crippen LogP contribution in [0.4, 0.5) is 16.2 Å². The number of ether oxygens (including phenoxy) is 2. The van der Waals surface area contributed by atoms with E-state index in [0.29, 0.717) is 30.7 Å². The molecule has 0 aliphatic carbocycles. The van der Waals surface area contributed by atoms with Crippen molar-refractivity contribution in [2.24, 2.45) is 0 Å². The number of nitrogen functional groups attached to an aromatic ring is 1. The maximum Gasteiger partial charge on any atom is 0.225 e. The Morgan fingerprint density at radius 3 is 2.86 bits per heavy atom. The summed E-state index contributed by atoms with van der Waals surface area (Å²) in [4.78, 5) is 8.24. The first-order valence-electron chi connectivity index (χ1n) is 7.06. The SMILES string of the molecule is Nc1ccnc(N[C@@H]2COCC[C@@H]2Oc2ccc(F)cc2)n1. The van der Waals surface area contributed by atoms with E-state index in [1.807, 2.05) is 0 Å². The first kappa shape index (κ1) is 14.5. The number of anilines is 2. The first-order valence-corrected chi connectivity index (χ1v) is 7.06. The van der Waals surface area contributed by atoms with E-state index in [4.69, 9.17) is 15.2 Å². The lowest BCUT2D eigenvalue weighted by Crippen LogP contribution is -2.46. The van der Waals surface area contributed by atoms with Crippen LogP contribution in [0.2, 0.25) is 0 Å². The molecule has 1 aliphatic heterocycles. The highest BCUT2D eigenvalue weighted by molar-refractivity contribution is 5.36. The van der Waals surface area contributed by atoms with Crippen LogP contribution in [0.5, 0.6) is 5.75 Å². The van der Waals surface area contributed by atoms with Gasteiger partial charge in [0.25, 0.3) is 0 Å². The predicted molar refractivity (Wildman–Crippen MR) is 80.1 cm³/mol. The molecule has 116 valence electrons. The molecule has 3 rings (SSSR count). The van der Waals surface area contributed by atoms with Gasteiger partial charge in [0, 0.05) is 12.6 Å². The van der Waals surface area contributed by atoms with E-state index in [2.05, 4.69) is 15.3 Å². The molecule has 2 heterocycles. The van der Waals surface area contributed by atoms with Crippen LogP contribution in [0, 0.1) is 5.82 Å². The lowest BCUT2D eigenvalue weighted by Gasteiger charge is -2.32. The van der Waals surface area contributed by atoms with Crippen molar-refractivity contribution in [3.8, 4) is 5.75 Å². The monoisotopic (exact) mass is 304 g/mol. The molecule has 1 aliphatic rings. The van der Waals surface area contributed by atoms with Gasteiger partial charge in [0.05, 0.1) is 19.3 Å². The van der Waals surface area contributed by atoms with Gasteiger partial charge in [-0.1, -0.05) is 0 Å². The van der Waals surface area contributed by atoms with Gasteiger partial charge in [-0.15, -0.1) is 0 Å². The molecule has 0 saturated carbocycles. The Balaban J connectivity index is 1.69. The zero-order chi connectivity index (χ0) is 15.4. The quantitative estimate of drug-likeness (QED) is 0.897. The highest BCUT2D eigenvalue weighted by Gasteiger charge is 2.28. The molecular weight excluding hydrogens is 287 g/mol. The van der Waals surface area contributed by atoms with Gasteiger partial charge in [-0.25, -0.2) is 9.37 Å². The molecule has 6 nitrogen and oxygen atoms in total. The van der Waals surface area contributed by atoms with Gasteiger partial charge in [-0.05, 0) is 30.3 Å². The van der Waals surface area contributed by atoms with E-state index in [9.17, 15) is 4.39 Å². The number of benzene rings is 1. The summed E-state index contributed by atoms with van der Waals surface area (Å²) < 4.78 is 24.4. The fourth-order valence-electron chi connectivity index (χ4n) is 2.29. The maximum absolute atomic E-state index is 13.0. The van der Waals surface area contributed by atoms with Crippen LogP contribution in [0.25, 0.3) is 0 Å². The van der Waals surface area contributed by atoms with Crippen molar-refractivity contribution in [2.75, 3.05) is 24.3 Å². The lowest BCUT2D eigenvalue weighted by atomic mass is 10.1. The average Bonchev–Trinajstić information content (AvgIpc) is 2.51. The second-order valence-electron chi connectivity index (χ2n) is 5.03. The molecule has 0 unspecified atom stereocenters. The lowest BCUT2D eigenvalue weighted by molar-refractivity contribution is 0.0145.